The molecule has 1 heterocycles. The van der Waals surface area contributed by atoms with Crippen LogP contribution in [-0.2, 0) is 6.42 Å². The van der Waals surface area contributed by atoms with Gasteiger partial charge in [-0.3, -0.25) is 0 Å². The predicted molar refractivity (Wildman–Crippen MR) is 74.5 cm³/mol. The lowest BCUT2D eigenvalue weighted by Gasteiger charge is -2.29. The van der Waals surface area contributed by atoms with E-state index in [1.54, 1.807) is 13.0 Å². The Kier molecular flexibility index (Phi) is 4.35. The molecule has 6 heteroatoms. The number of rotatable bonds is 3. The monoisotopic (exact) mass is 331 g/mol. The molecule has 19 heavy (non-hydrogen) atoms. The van der Waals surface area contributed by atoms with E-state index in [2.05, 4.69) is 15.9 Å². The van der Waals surface area contributed by atoms with Crippen LogP contribution in [0.1, 0.15) is 24.2 Å². The highest BCUT2D eigenvalue weighted by Gasteiger charge is 2.30. The lowest BCUT2D eigenvalue weighted by atomic mass is 9.92. The summed E-state index contributed by atoms with van der Waals surface area (Å²) in [4.78, 5) is 0. The van der Waals surface area contributed by atoms with Crippen molar-refractivity contribution >= 4 is 15.9 Å². The summed E-state index contributed by atoms with van der Waals surface area (Å²) in [6.07, 6.45) is -1.05. The summed E-state index contributed by atoms with van der Waals surface area (Å²) in [5.41, 5.74) is 7.11. The molecule has 0 fully saturated rings. The molecular formula is C13H18BrNO4. The number of ether oxygens (including phenoxy) is 2. The van der Waals surface area contributed by atoms with E-state index >= 15 is 0 Å². The van der Waals surface area contributed by atoms with Gasteiger partial charge in [-0.05, 0) is 28.9 Å². The van der Waals surface area contributed by atoms with Gasteiger partial charge in [0.05, 0.1) is 23.8 Å². The van der Waals surface area contributed by atoms with E-state index < -0.39 is 18.2 Å². The first kappa shape index (κ1) is 14.6. The molecule has 4 N–H and O–H groups in total. The molecule has 1 aromatic carbocycles. The molecule has 0 aliphatic carbocycles. The lowest BCUT2D eigenvalue weighted by Crippen LogP contribution is -2.30. The van der Waals surface area contributed by atoms with Gasteiger partial charge in [-0.15, -0.1) is 0 Å². The van der Waals surface area contributed by atoms with Gasteiger partial charge in [0.15, 0.2) is 0 Å². The van der Waals surface area contributed by atoms with Crippen LogP contribution in [0, 0.1) is 0 Å². The first-order valence-corrected chi connectivity index (χ1v) is 6.88. The molecule has 1 aromatic rings. The second-order valence-corrected chi connectivity index (χ2v) is 5.61. The fourth-order valence-electron chi connectivity index (χ4n) is 2.26. The van der Waals surface area contributed by atoms with Crippen molar-refractivity contribution in [2.24, 2.45) is 5.73 Å². The fourth-order valence-corrected chi connectivity index (χ4v) is 2.82. The molecule has 1 aliphatic heterocycles. The van der Waals surface area contributed by atoms with Crippen LogP contribution in [0.25, 0.3) is 0 Å². The van der Waals surface area contributed by atoms with Crippen molar-refractivity contribution in [1.82, 2.24) is 0 Å². The summed E-state index contributed by atoms with van der Waals surface area (Å²) in [5, 5.41) is 20.0. The average molecular weight is 332 g/mol. The summed E-state index contributed by atoms with van der Waals surface area (Å²) in [6, 6.07) is 1.30. The van der Waals surface area contributed by atoms with Gasteiger partial charge in [0.1, 0.15) is 18.1 Å². The maximum atomic E-state index is 10.3. The smallest absolute Gasteiger partial charge is 0.137 e. The number of hydrogen-bond acceptors (Lipinski definition) is 5. The zero-order valence-corrected chi connectivity index (χ0v) is 12.5. The van der Waals surface area contributed by atoms with Gasteiger partial charge in [-0.25, -0.2) is 0 Å². The van der Waals surface area contributed by atoms with Gasteiger partial charge in [0, 0.05) is 23.6 Å². The number of nitrogens with two attached hydrogens (primary N) is 1. The summed E-state index contributed by atoms with van der Waals surface area (Å²) in [6.45, 7) is 1.96. The third kappa shape index (κ3) is 2.72. The van der Waals surface area contributed by atoms with Gasteiger partial charge in [-0.1, -0.05) is 0 Å². The van der Waals surface area contributed by atoms with E-state index in [0.717, 1.165) is 10.0 Å². The van der Waals surface area contributed by atoms with Crippen molar-refractivity contribution in [2.45, 2.75) is 31.6 Å². The topological polar surface area (TPSA) is 84.9 Å². The number of halogens is 1. The highest BCUT2D eigenvalue weighted by Crippen LogP contribution is 2.43. The number of aliphatic hydroxyl groups is 2. The second-order valence-electron chi connectivity index (χ2n) is 4.75. The van der Waals surface area contributed by atoms with Crippen LogP contribution < -0.4 is 15.2 Å². The fraction of sp³-hybridized carbons (Fsp3) is 0.538. The molecule has 2 unspecified atom stereocenters. The second kappa shape index (κ2) is 5.66. The Morgan fingerprint density at radius 2 is 2.26 bits per heavy atom. The van der Waals surface area contributed by atoms with Crippen LogP contribution in [0.2, 0.25) is 0 Å². The van der Waals surface area contributed by atoms with Crippen LogP contribution >= 0.6 is 15.9 Å². The Hall–Kier alpha value is -0.820. The van der Waals surface area contributed by atoms with E-state index in [0.29, 0.717) is 23.5 Å². The van der Waals surface area contributed by atoms with Crippen LogP contribution in [0.5, 0.6) is 11.5 Å². The first-order valence-electron chi connectivity index (χ1n) is 6.09. The number of benzene rings is 1. The zero-order chi connectivity index (χ0) is 14.2. The molecule has 0 radical (unpaired) electrons. The highest BCUT2D eigenvalue weighted by molar-refractivity contribution is 9.10. The molecule has 3 atom stereocenters. The van der Waals surface area contributed by atoms with E-state index in [9.17, 15) is 10.2 Å². The highest BCUT2D eigenvalue weighted by atomic mass is 79.9. The van der Waals surface area contributed by atoms with Gasteiger partial charge >= 0.3 is 0 Å². The van der Waals surface area contributed by atoms with E-state index in [1.165, 1.54) is 7.11 Å². The maximum Gasteiger partial charge on any atom is 0.137 e. The van der Waals surface area contributed by atoms with Crippen molar-refractivity contribution < 1.29 is 19.7 Å². The molecule has 0 amide bonds. The molecule has 0 spiro atoms. The van der Waals surface area contributed by atoms with Crippen molar-refractivity contribution in [1.29, 1.82) is 0 Å². The Morgan fingerprint density at radius 1 is 1.58 bits per heavy atom. The van der Waals surface area contributed by atoms with Crippen molar-refractivity contribution in [3.63, 3.8) is 0 Å². The minimum Gasteiger partial charge on any atom is -0.496 e. The quantitative estimate of drug-likeness (QED) is 0.773. The molecule has 0 saturated heterocycles. The SMILES string of the molecule is COc1cc(Br)c2c(c1[C@@H](O)C(C)N)CC(O)CO2. The van der Waals surface area contributed by atoms with E-state index in [4.69, 9.17) is 15.2 Å². The van der Waals surface area contributed by atoms with E-state index in [1.807, 2.05) is 0 Å². The predicted octanol–water partition coefficient (Wildman–Crippen LogP) is 1.13. The molecule has 0 aromatic heterocycles. The van der Waals surface area contributed by atoms with Crippen LogP contribution in [0.3, 0.4) is 0 Å². The molecule has 0 bridgehead atoms. The lowest BCUT2D eigenvalue weighted by molar-refractivity contribution is 0.0874. The number of methoxy groups -OCH3 is 1. The summed E-state index contributed by atoms with van der Waals surface area (Å²) < 4.78 is 11.6. The molecule has 1 aliphatic rings. The molecular weight excluding hydrogens is 314 g/mol. The molecule has 2 rings (SSSR count). The first-order chi connectivity index (χ1) is 8.95. The summed E-state index contributed by atoms with van der Waals surface area (Å²) in [5.74, 6) is 1.17. The Morgan fingerprint density at radius 3 is 2.84 bits per heavy atom. The number of aliphatic hydroxyl groups excluding tert-OH is 2. The van der Waals surface area contributed by atoms with E-state index in [-0.39, 0.29) is 6.61 Å². The van der Waals surface area contributed by atoms with Gasteiger partial charge in [0.2, 0.25) is 0 Å². The zero-order valence-electron chi connectivity index (χ0n) is 10.9. The summed E-state index contributed by atoms with van der Waals surface area (Å²) >= 11 is 3.41. The minimum atomic E-state index is -0.870. The Labute approximate surface area is 120 Å². The third-order valence-corrected chi connectivity index (χ3v) is 3.80. The summed E-state index contributed by atoms with van der Waals surface area (Å²) in [7, 11) is 1.53. The van der Waals surface area contributed by atoms with Gasteiger partial charge in [-0.2, -0.15) is 0 Å². The number of hydrogen-bond donors (Lipinski definition) is 3. The van der Waals surface area contributed by atoms with Crippen LogP contribution in [-0.4, -0.2) is 36.1 Å². The average Bonchev–Trinajstić information content (AvgIpc) is 2.37. The number of fused-ring (bicyclic) bond motifs is 1. The largest absolute Gasteiger partial charge is 0.496 e. The Bertz CT molecular complexity index is 478. The van der Waals surface area contributed by atoms with Crippen molar-refractivity contribution in [3.05, 3.63) is 21.7 Å². The van der Waals surface area contributed by atoms with Crippen LogP contribution in [0.15, 0.2) is 10.5 Å². The van der Waals surface area contributed by atoms with Gasteiger partial charge < -0.3 is 25.4 Å². The van der Waals surface area contributed by atoms with Crippen LogP contribution in [0.4, 0.5) is 0 Å². The molecule has 106 valence electrons. The standard InChI is InChI=1S/C13H18BrNO4/c1-6(15)12(17)11-8-3-7(16)5-19-13(8)9(14)4-10(11)18-2/h4,6-7,12,16-17H,3,5,15H2,1-2H3/t6?,7?,12-/m0/s1. The molecule has 0 saturated carbocycles. The molecule has 5 nitrogen and oxygen atoms in total. The maximum absolute atomic E-state index is 10.3. The minimum absolute atomic E-state index is 0.242. The Balaban J connectivity index is 2.61. The van der Waals surface area contributed by atoms with Crippen molar-refractivity contribution in [2.75, 3.05) is 13.7 Å². The van der Waals surface area contributed by atoms with Gasteiger partial charge in [0.25, 0.3) is 0 Å². The van der Waals surface area contributed by atoms with Crippen molar-refractivity contribution in [3.8, 4) is 11.5 Å². The normalized spacial score (nSPS) is 21.3. The third-order valence-electron chi connectivity index (χ3n) is 3.21.